The summed E-state index contributed by atoms with van der Waals surface area (Å²) < 4.78 is 5.43. The first-order valence-electron chi connectivity index (χ1n) is 6.38. The van der Waals surface area contributed by atoms with E-state index >= 15 is 0 Å². The maximum absolute atomic E-state index is 12.5. The molecule has 0 saturated carbocycles. The number of carbonyl (C=O) groups is 1. The number of rotatable bonds is 3. The molecule has 1 heterocycles. The van der Waals surface area contributed by atoms with Crippen molar-refractivity contribution in [2.24, 2.45) is 5.73 Å². The quantitative estimate of drug-likeness (QED) is 0.874. The summed E-state index contributed by atoms with van der Waals surface area (Å²) in [6.07, 6.45) is 0.789. The van der Waals surface area contributed by atoms with Crippen LogP contribution in [-0.4, -0.2) is 43.2 Å². The molecule has 1 aromatic rings. The number of nitrogens with two attached hydrogens (primary N) is 1. The van der Waals surface area contributed by atoms with Crippen LogP contribution in [0.3, 0.4) is 0 Å². The number of hydrogen-bond donors (Lipinski definition) is 1. The van der Waals surface area contributed by atoms with Crippen molar-refractivity contribution >= 4 is 5.91 Å². The van der Waals surface area contributed by atoms with Gasteiger partial charge in [-0.15, -0.1) is 0 Å². The zero-order valence-electron chi connectivity index (χ0n) is 10.8. The van der Waals surface area contributed by atoms with E-state index in [1.807, 2.05) is 36.1 Å². The van der Waals surface area contributed by atoms with Crippen LogP contribution in [0.5, 0.6) is 0 Å². The first-order valence-corrected chi connectivity index (χ1v) is 6.38. The van der Waals surface area contributed by atoms with Gasteiger partial charge in [0.2, 0.25) is 0 Å². The molecule has 4 nitrogen and oxygen atoms in total. The first-order chi connectivity index (χ1) is 8.74. The molecule has 1 saturated heterocycles. The molecule has 0 radical (unpaired) electrons. The topological polar surface area (TPSA) is 55.6 Å². The molecule has 1 amide bonds. The molecule has 0 aromatic heterocycles. The van der Waals surface area contributed by atoms with E-state index in [9.17, 15) is 4.79 Å². The molecule has 1 atom stereocenters. The van der Waals surface area contributed by atoms with Crippen molar-refractivity contribution in [1.82, 2.24) is 4.90 Å². The minimum atomic E-state index is 0.0925. The molecule has 1 unspecified atom stereocenters. The van der Waals surface area contributed by atoms with Crippen LogP contribution in [0.4, 0.5) is 0 Å². The van der Waals surface area contributed by atoms with E-state index in [0.29, 0.717) is 26.3 Å². The van der Waals surface area contributed by atoms with E-state index in [4.69, 9.17) is 10.5 Å². The van der Waals surface area contributed by atoms with Gasteiger partial charge < -0.3 is 15.4 Å². The number of nitrogens with zero attached hydrogens (tertiary/aromatic N) is 1. The van der Waals surface area contributed by atoms with E-state index in [2.05, 4.69) is 0 Å². The molecule has 1 aromatic carbocycles. The van der Waals surface area contributed by atoms with Gasteiger partial charge in [0, 0.05) is 12.1 Å². The second kappa shape index (κ2) is 5.98. The highest BCUT2D eigenvalue weighted by Gasteiger charge is 2.27. The maximum atomic E-state index is 12.5. The summed E-state index contributed by atoms with van der Waals surface area (Å²) in [6.45, 7) is 4.39. The standard InChI is InChI=1S/C14H20N2O2/c1-11-4-2-3-5-13(11)14(17)16-8-9-18-10-12(16)6-7-15/h2-5,12H,6-10,15H2,1H3. The van der Waals surface area contributed by atoms with Gasteiger partial charge in [0.25, 0.3) is 5.91 Å². The summed E-state index contributed by atoms with van der Waals surface area (Å²) in [7, 11) is 0. The van der Waals surface area contributed by atoms with Crippen molar-refractivity contribution in [3.63, 3.8) is 0 Å². The van der Waals surface area contributed by atoms with Crippen LogP contribution in [0.25, 0.3) is 0 Å². The third-order valence-corrected chi connectivity index (χ3v) is 3.36. The van der Waals surface area contributed by atoms with Crippen LogP contribution < -0.4 is 5.73 Å². The van der Waals surface area contributed by atoms with Gasteiger partial charge in [0.1, 0.15) is 0 Å². The maximum Gasteiger partial charge on any atom is 0.254 e. The van der Waals surface area contributed by atoms with E-state index in [1.165, 1.54) is 0 Å². The fourth-order valence-corrected chi connectivity index (χ4v) is 2.32. The highest BCUT2D eigenvalue weighted by atomic mass is 16.5. The largest absolute Gasteiger partial charge is 0.377 e. The van der Waals surface area contributed by atoms with Crippen molar-refractivity contribution in [2.75, 3.05) is 26.3 Å². The Morgan fingerprint density at radius 1 is 1.50 bits per heavy atom. The third-order valence-electron chi connectivity index (χ3n) is 3.36. The van der Waals surface area contributed by atoms with Gasteiger partial charge in [0.15, 0.2) is 0 Å². The Morgan fingerprint density at radius 2 is 2.28 bits per heavy atom. The lowest BCUT2D eigenvalue weighted by molar-refractivity contribution is -0.00348. The Morgan fingerprint density at radius 3 is 3.00 bits per heavy atom. The number of carbonyl (C=O) groups excluding carboxylic acids is 1. The number of amides is 1. The van der Waals surface area contributed by atoms with Gasteiger partial charge in [0.05, 0.1) is 19.3 Å². The van der Waals surface area contributed by atoms with Crippen molar-refractivity contribution < 1.29 is 9.53 Å². The molecule has 98 valence electrons. The number of morpholine rings is 1. The lowest BCUT2D eigenvalue weighted by atomic mass is 10.1. The molecule has 2 N–H and O–H groups in total. The van der Waals surface area contributed by atoms with E-state index in [-0.39, 0.29) is 11.9 Å². The minimum absolute atomic E-state index is 0.0925. The summed E-state index contributed by atoms with van der Waals surface area (Å²) in [4.78, 5) is 14.4. The van der Waals surface area contributed by atoms with E-state index in [0.717, 1.165) is 17.5 Å². The molecule has 0 spiro atoms. The molecular weight excluding hydrogens is 228 g/mol. The Bertz CT molecular complexity index is 418. The molecule has 1 aliphatic rings. The van der Waals surface area contributed by atoms with Gasteiger partial charge in [-0.25, -0.2) is 0 Å². The number of ether oxygens (including phenoxy) is 1. The molecule has 0 aliphatic carbocycles. The second-order valence-electron chi connectivity index (χ2n) is 4.62. The zero-order chi connectivity index (χ0) is 13.0. The summed E-state index contributed by atoms with van der Waals surface area (Å²) >= 11 is 0. The minimum Gasteiger partial charge on any atom is -0.377 e. The van der Waals surface area contributed by atoms with Crippen LogP contribution in [0, 0.1) is 6.92 Å². The van der Waals surface area contributed by atoms with Gasteiger partial charge in [-0.2, -0.15) is 0 Å². The normalized spacial score (nSPS) is 19.9. The average Bonchev–Trinajstić information content (AvgIpc) is 2.40. The van der Waals surface area contributed by atoms with Crippen LogP contribution in [0.2, 0.25) is 0 Å². The predicted molar refractivity (Wildman–Crippen MR) is 70.5 cm³/mol. The number of aryl methyl sites for hydroxylation is 1. The first kappa shape index (κ1) is 13.1. The van der Waals surface area contributed by atoms with Gasteiger partial charge >= 0.3 is 0 Å². The molecule has 4 heteroatoms. The average molecular weight is 248 g/mol. The monoisotopic (exact) mass is 248 g/mol. The zero-order valence-corrected chi connectivity index (χ0v) is 10.8. The van der Waals surface area contributed by atoms with Gasteiger partial charge in [-0.1, -0.05) is 18.2 Å². The molecule has 0 bridgehead atoms. The summed E-state index contributed by atoms with van der Waals surface area (Å²) in [5, 5.41) is 0. The highest BCUT2D eigenvalue weighted by molar-refractivity contribution is 5.95. The van der Waals surface area contributed by atoms with Crippen molar-refractivity contribution in [3.8, 4) is 0 Å². The molecule has 2 rings (SSSR count). The van der Waals surface area contributed by atoms with Crippen molar-refractivity contribution in [2.45, 2.75) is 19.4 Å². The van der Waals surface area contributed by atoms with Crippen LogP contribution in [0.15, 0.2) is 24.3 Å². The fraction of sp³-hybridized carbons (Fsp3) is 0.500. The molecule has 1 aliphatic heterocycles. The Kier molecular flexibility index (Phi) is 4.33. The van der Waals surface area contributed by atoms with Gasteiger partial charge in [-0.05, 0) is 31.5 Å². The number of hydrogen-bond acceptors (Lipinski definition) is 3. The SMILES string of the molecule is Cc1ccccc1C(=O)N1CCOCC1CCN. The summed E-state index contributed by atoms with van der Waals surface area (Å²) in [5.41, 5.74) is 7.39. The molecular formula is C14H20N2O2. The van der Waals surface area contributed by atoms with Crippen LogP contribution in [0.1, 0.15) is 22.3 Å². The summed E-state index contributed by atoms with van der Waals surface area (Å²) in [6, 6.07) is 7.80. The lowest BCUT2D eigenvalue weighted by Crippen LogP contribution is -2.49. The molecule has 18 heavy (non-hydrogen) atoms. The Balaban J connectivity index is 2.18. The third kappa shape index (κ3) is 2.71. The predicted octanol–water partition coefficient (Wildman–Crippen LogP) is 1.18. The lowest BCUT2D eigenvalue weighted by Gasteiger charge is -2.35. The second-order valence-corrected chi connectivity index (χ2v) is 4.62. The Labute approximate surface area is 108 Å². The van der Waals surface area contributed by atoms with Gasteiger partial charge in [-0.3, -0.25) is 4.79 Å². The van der Waals surface area contributed by atoms with Crippen molar-refractivity contribution in [1.29, 1.82) is 0 Å². The van der Waals surface area contributed by atoms with Crippen LogP contribution >= 0.6 is 0 Å². The Hall–Kier alpha value is -1.39. The smallest absolute Gasteiger partial charge is 0.254 e. The highest BCUT2D eigenvalue weighted by Crippen LogP contribution is 2.16. The van der Waals surface area contributed by atoms with Crippen molar-refractivity contribution in [3.05, 3.63) is 35.4 Å². The van der Waals surface area contributed by atoms with E-state index in [1.54, 1.807) is 0 Å². The summed E-state index contributed by atoms with van der Waals surface area (Å²) in [5.74, 6) is 0.0925. The molecule has 1 fully saturated rings. The van der Waals surface area contributed by atoms with Crippen LogP contribution in [-0.2, 0) is 4.74 Å². The fourth-order valence-electron chi connectivity index (χ4n) is 2.32. The van der Waals surface area contributed by atoms with E-state index < -0.39 is 0 Å². The number of benzene rings is 1.